The molecule has 0 aromatic rings. The largest absolute Gasteiger partial charge is 0.480 e. The van der Waals surface area contributed by atoms with Crippen molar-refractivity contribution in [1.82, 2.24) is 9.80 Å². The molecule has 0 aromatic carbocycles. The van der Waals surface area contributed by atoms with Crippen LogP contribution in [-0.4, -0.2) is 66.1 Å². The van der Waals surface area contributed by atoms with Crippen LogP contribution in [0.4, 0.5) is 0 Å². The van der Waals surface area contributed by atoms with E-state index in [0.29, 0.717) is 0 Å². The normalized spacial score (nSPS) is 21.2. The van der Waals surface area contributed by atoms with Crippen LogP contribution in [-0.2, 0) is 9.59 Å². The number of likely N-dealkylation sites (N-methyl/N-ethyl adjacent to an activating group) is 1. The van der Waals surface area contributed by atoms with E-state index in [1.54, 1.807) is 16.8 Å². The van der Waals surface area contributed by atoms with Gasteiger partial charge < -0.3 is 15.7 Å². The van der Waals surface area contributed by atoms with Gasteiger partial charge in [0.15, 0.2) is 0 Å². The van der Waals surface area contributed by atoms with Crippen LogP contribution < -0.4 is 5.73 Å². The summed E-state index contributed by atoms with van der Waals surface area (Å²) in [7, 11) is 1.75. The number of hydrogen-bond donors (Lipinski definition) is 2. The summed E-state index contributed by atoms with van der Waals surface area (Å²) in [6.07, 6.45) is 0.856. The van der Waals surface area contributed by atoms with E-state index in [0.717, 1.165) is 19.5 Å². The first-order valence-electron chi connectivity index (χ1n) is 4.95. The van der Waals surface area contributed by atoms with Crippen molar-refractivity contribution >= 4 is 11.9 Å². The Morgan fingerprint density at radius 1 is 1.60 bits per heavy atom. The summed E-state index contributed by atoms with van der Waals surface area (Å²) < 4.78 is 0. The minimum atomic E-state index is -1.03. The van der Waals surface area contributed by atoms with Gasteiger partial charge in [-0.1, -0.05) is 0 Å². The molecule has 0 bridgehead atoms. The second-order valence-corrected chi connectivity index (χ2v) is 3.85. The Kier molecular flexibility index (Phi) is 4.05. The minimum absolute atomic E-state index is 0.0186. The van der Waals surface area contributed by atoms with Crippen LogP contribution in [0.5, 0.6) is 0 Å². The summed E-state index contributed by atoms with van der Waals surface area (Å²) in [5.74, 6) is -1.01. The third kappa shape index (κ3) is 3.49. The molecule has 1 amide bonds. The summed E-state index contributed by atoms with van der Waals surface area (Å²) in [5.41, 5.74) is 5.41. The van der Waals surface area contributed by atoms with Gasteiger partial charge in [-0.3, -0.25) is 14.5 Å². The molecule has 3 N–H and O–H groups in total. The average Bonchev–Trinajstić information content (AvgIpc) is 2.29. The molecule has 1 unspecified atom stereocenters. The predicted octanol–water partition coefficient (Wildman–Crippen LogP) is -1.44. The van der Waals surface area contributed by atoms with Gasteiger partial charge in [-0.15, -0.1) is 0 Å². The minimum Gasteiger partial charge on any atom is -0.480 e. The van der Waals surface area contributed by atoms with Gasteiger partial charge in [-0.25, -0.2) is 0 Å². The molecule has 15 heavy (non-hydrogen) atoms. The molecule has 0 aromatic heterocycles. The van der Waals surface area contributed by atoms with E-state index in [-0.39, 0.29) is 19.0 Å². The lowest BCUT2D eigenvalue weighted by molar-refractivity contribution is -0.139. The molecule has 6 nitrogen and oxygen atoms in total. The summed E-state index contributed by atoms with van der Waals surface area (Å²) in [4.78, 5) is 25.5. The number of nitrogens with zero attached hydrogens (tertiary/aromatic N) is 2. The molecule has 0 saturated carbocycles. The van der Waals surface area contributed by atoms with Gasteiger partial charge in [0.1, 0.15) is 6.04 Å². The first kappa shape index (κ1) is 11.9. The molecule has 0 spiro atoms. The molecular weight excluding hydrogens is 198 g/mol. The Balaban J connectivity index is 2.48. The number of amides is 1. The lowest BCUT2D eigenvalue weighted by atomic mass is 10.3. The van der Waals surface area contributed by atoms with E-state index in [4.69, 9.17) is 10.8 Å². The predicted molar refractivity (Wildman–Crippen MR) is 54.3 cm³/mol. The highest BCUT2D eigenvalue weighted by molar-refractivity contribution is 5.78. The number of carboxylic acids is 1. The Hall–Kier alpha value is -1.14. The summed E-state index contributed by atoms with van der Waals surface area (Å²) in [6, 6.07) is -0.916. The van der Waals surface area contributed by atoms with Crippen molar-refractivity contribution in [3.63, 3.8) is 0 Å². The van der Waals surface area contributed by atoms with E-state index in [1.807, 2.05) is 0 Å². The standard InChI is InChI=1S/C9H17N3O3/c1-11-3-2-4-12(6-8(11)13)5-7(10)9(14)15/h7H,2-6,10H2,1H3,(H,14,15). The lowest BCUT2D eigenvalue weighted by Crippen LogP contribution is -2.45. The van der Waals surface area contributed by atoms with Crippen LogP contribution in [0.3, 0.4) is 0 Å². The first-order chi connectivity index (χ1) is 7.00. The van der Waals surface area contributed by atoms with Crippen molar-refractivity contribution in [1.29, 1.82) is 0 Å². The Morgan fingerprint density at radius 3 is 2.87 bits per heavy atom. The monoisotopic (exact) mass is 215 g/mol. The van der Waals surface area contributed by atoms with Gasteiger partial charge in [0.2, 0.25) is 5.91 Å². The molecule has 1 rings (SSSR count). The van der Waals surface area contributed by atoms with Gasteiger partial charge in [0.25, 0.3) is 0 Å². The van der Waals surface area contributed by atoms with Crippen LogP contribution in [0.25, 0.3) is 0 Å². The van der Waals surface area contributed by atoms with Crippen molar-refractivity contribution in [2.45, 2.75) is 12.5 Å². The molecule has 6 heteroatoms. The summed E-state index contributed by atoms with van der Waals surface area (Å²) in [5, 5.41) is 8.65. The molecule has 1 saturated heterocycles. The number of carbonyl (C=O) groups excluding carboxylic acids is 1. The lowest BCUT2D eigenvalue weighted by Gasteiger charge is -2.20. The fraction of sp³-hybridized carbons (Fsp3) is 0.778. The van der Waals surface area contributed by atoms with Gasteiger partial charge in [0, 0.05) is 26.7 Å². The maximum Gasteiger partial charge on any atom is 0.321 e. The highest BCUT2D eigenvalue weighted by Gasteiger charge is 2.22. The second-order valence-electron chi connectivity index (χ2n) is 3.85. The van der Waals surface area contributed by atoms with Crippen molar-refractivity contribution in [3.8, 4) is 0 Å². The van der Waals surface area contributed by atoms with Gasteiger partial charge in [-0.2, -0.15) is 0 Å². The average molecular weight is 215 g/mol. The number of carboxylic acid groups (broad SMARTS) is 1. The molecule has 0 radical (unpaired) electrons. The molecule has 1 heterocycles. The number of rotatable bonds is 3. The summed E-state index contributed by atoms with van der Waals surface area (Å²) in [6.45, 7) is 1.93. The molecule has 1 aliphatic rings. The van der Waals surface area contributed by atoms with E-state index in [2.05, 4.69) is 0 Å². The Labute approximate surface area is 88.6 Å². The van der Waals surface area contributed by atoms with Crippen molar-refractivity contribution in [2.24, 2.45) is 5.73 Å². The van der Waals surface area contributed by atoms with Crippen LogP contribution in [0, 0.1) is 0 Å². The van der Waals surface area contributed by atoms with E-state index in [9.17, 15) is 9.59 Å². The van der Waals surface area contributed by atoms with Crippen LogP contribution in [0.2, 0.25) is 0 Å². The second kappa shape index (κ2) is 5.09. The van der Waals surface area contributed by atoms with Crippen molar-refractivity contribution in [3.05, 3.63) is 0 Å². The van der Waals surface area contributed by atoms with Gasteiger partial charge in [0.05, 0.1) is 6.54 Å². The van der Waals surface area contributed by atoms with Gasteiger partial charge in [-0.05, 0) is 6.42 Å². The molecule has 1 fully saturated rings. The SMILES string of the molecule is CN1CCCN(CC(N)C(=O)O)CC1=O. The smallest absolute Gasteiger partial charge is 0.321 e. The first-order valence-corrected chi connectivity index (χ1v) is 4.95. The fourth-order valence-electron chi connectivity index (χ4n) is 1.56. The van der Waals surface area contributed by atoms with Crippen LogP contribution >= 0.6 is 0 Å². The van der Waals surface area contributed by atoms with E-state index >= 15 is 0 Å². The van der Waals surface area contributed by atoms with Crippen molar-refractivity contribution < 1.29 is 14.7 Å². The Bertz CT molecular complexity index is 257. The third-order valence-electron chi connectivity index (χ3n) is 2.52. The van der Waals surface area contributed by atoms with E-state index in [1.165, 1.54) is 0 Å². The molecule has 86 valence electrons. The zero-order valence-corrected chi connectivity index (χ0v) is 8.85. The summed E-state index contributed by atoms with van der Waals surface area (Å²) >= 11 is 0. The zero-order valence-electron chi connectivity index (χ0n) is 8.85. The van der Waals surface area contributed by atoms with Gasteiger partial charge >= 0.3 is 5.97 Å². The number of carbonyl (C=O) groups is 2. The maximum atomic E-state index is 11.5. The highest BCUT2D eigenvalue weighted by Crippen LogP contribution is 2.02. The van der Waals surface area contributed by atoms with Crippen LogP contribution in [0.1, 0.15) is 6.42 Å². The van der Waals surface area contributed by atoms with Crippen molar-refractivity contribution in [2.75, 3.05) is 33.2 Å². The Morgan fingerprint density at radius 2 is 2.27 bits per heavy atom. The fourth-order valence-corrected chi connectivity index (χ4v) is 1.56. The number of hydrogen-bond acceptors (Lipinski definition) is 4. The topological polar surface area (TPSA) is 86.9 Å². The quantitative estimate of drug-likeness (QED) is 0.602. The molecular formula is C9H17N3O3. The third-order valence-corrected chi connectivity index (χ3v) is 2.52. The van der Waals surface area contributed by atoms with Crippen LogP contribution in [0.15, 0.2) is 0 Å². The zero-order chi connectivity index (χ0) is 11.4. The maximum absolute atomic E-state index is 11.5. The molecule has 1 aliphatic heterocycles. The number of aliphatic carboxylic acids is 1. The molecule has 1 atom stereocenters. The highest BCUT2D eigenvalue weighted by atomic mass is 16.4. The van der Waals surface area contributed by atoms with E-state index < -0.39 is 12.0 Å². The number of nitrogens with two attached hydrogens (primary N) is 1. The molecule has 0 aliphatic carbocycles.